The molecule has 13 heavy (non-hydrogen) atoms. The second kappa shape index (κ2) is 3.10. The summed E-state index contributed by atoms with van der Waals surface area (Å²) >= 11 is 0. The van der Waals surface area contributed by atoms with Crippen molar-refractivity contribution in [3.8, 4) is 0 Å². The van der Waals surface area contributed by atoms with Crippen LogP contribution in [0.3, 0.4) is 0 Å². The number of nitrogens with two attached hydrogens (primary N) is 1. The molecule has 0 aromatic heterocycles. The van der Waals surface area contributed by atoms with Crippen molar-refractivity contribution in [1.82, 2.24) is 0 Å². The lowest BCUT2D eigenvalue weighted by Gasteiger charge is -2.25. The Labute approximate surface area is 73.7 Å². The molecular weight excluding hydrogens is 184 g/mol. The summed E-state index contributed by atoms with van der Waals surface area (Å²) in [7, 11) is 0. The first-order chi connectivity index (χ1) is 5.89. The smallest absolute Gasteiger partial charge is 0.405 e. The van der Waals surface area contributed by atoms with Crippen LogP contribution in [0.1, 0.15) is 19.3 Å². The summed E-state index contributed by atoms with van der Waals surface area (Å²) in [6, 6.07) is 0. The largest absolute Gasteiger partial charge is 0.440 e. The number of hydrogen-bond acceptors (Lipinski definition) is 3. The minimum Gasteiger partial charge on any atom is -0.440 e. The first-order valence-electron chi connectivity index (χ1n) is 3.86. The van der Waals surface area contributed by atoms with Crippen LogP contribution in [0, 0.1) is 0 Å². The highest BCUT2D eigenvalue weighted by atomic mass is 19.3. The van der Waals surface area contributed by atoms with Crippen LogP contribution >= 0.6 is 0 Å². The molecule has 0 bridgehead atoms. The Morgan fingerprint density at radius 1 is 1.54 bits per heavy atom. The number of amides is 1. The molecule has 0 spiro atoms. The molecule has 0 aromatic rings. The van der Waals surface area contributed by atoms with E-state index in [-0.39, 0.29) is 12.8 Å². The van der Waals surface area contributed by atoms with Crippen LogP contribution in [-0.2, 0) is 4.74 Å². The standard InChI is InChI=1S/C7H11F2NO3/c8-7(9)2-1-6(3-7,4-11)13-5(10)12/h11H,1-4H2,(H2,10,12). The zero-order valence-electron chi connectivity index (χ0n) is 6.93. The lowest BCUT2D eigenvalue weighted by Crippen LogP contribution is -2.39. The zero-order chi connectivity index (χ0) is 10.1. The minimum atomic E-state index is -2.88. The molecular formula is C7H11F2NO3. The van der Waals surface area contributed by atoms with Crippen molar-refractivity contribution in [3.05, 3.63) is 0 Å². The molecule has 1 aliphatic carbocycles. The van der Waals surface area contributed by atoms with E-state index in [1.54, 1.807) is 0 Å². The van der Waals surface area contributed by atoms with Crippen molar-refractivity contribution >= 4 is 6.09 Å². The van der Waals surface area contributed by atoms with E-state index >= 15 is 0 Å². The molecule has 6 heteroatoms. The summed E-state index contributed by atoms with van der Waals surface area (Å²) in [6.07, 6.45) is -2.23. The van der Waals surface area contributed by atoms with Crippen molar-refractivity contribution in [1.29, 1.82) is 0 Å². The van der Waals surface area contributed by atoms with Crippen molar-refractivity contribution in [2.24, 2.45) is 5.73 Å². The Morgan fingerprint density at radius 3 is 2.46 bits per heavy atom. The molecule has 1 aliphatic rings. The number of aliphatic hydroxyl groups excluding tert-OH is 1. The fourth-order valence-corrected chi connectivity index (χ4v) is 1.53. The average Bonchev–Trinajstić information content (AvgIpc) is 2.26. The van der Waals surface area contributed by atoms with Crippen molar-refractivity contribution in [2.45, 2.75) is 30.8 Å². The third kappa shape index (κ3) is 2.27. The third-order valence-electron chi connectivity index (χ3n) is 2.13. The molecule has 1 unspecified atom stereocenters. The maximum atomic E-state index is 12.7. The molecule has 1 atom stereocenters. The molecule has 1 rings (SSSR count). The van der Waals surface area contributed by atoms with Gasteiger partial charge in [-0.1, -0.05) is 0 Å². The highest BCUT2D eigenvalue weighted by Crippen LogP contribution is 2.43. The Balaban J connectivity index is 2.68. The number of alkyl halides is 2. The molecule has 1 saturated carbocycles. The predicted octanol–water partition coefficient (Wildman–Crippen LogP) is 0.632. The SMILES string of the molecule is NC(=O)OC1(CO)CCC(F)(F)C1. The summed E-state index contributed by atoms with van der Waals surface area (Å²) in [5, 5.41) is 8.83. The molecule has 0 saturated heterocycles. The van der Waals surface area contributed by atoms with Crippen LogP contribution in [0.2, 0.25) is 0 Å². The molecule has 1 amide bonds. The summed E-state index contributed by atoms with van der Waals surface area (Å²) in [5.74, 6) is -2.88. The maximum Gasteiger partial charge on any atom is 0.405 e. The molecule has 4 nitrogen and oxygen atoms in total. The van der Waals surface area contributed by atoms with E-state index in [4.69, 9.17) is 10.8 Å². The van der Waals surface area contributed by atoms with Gasteiger partial charge in [0.25, 0.3) is 5.92 Å². The van der Waals surface area contributed by atoms with Gasteiger partial charge in [-0.25, -0.2) is 13.6 Å². The second-order valence-corrected chi connectivity index (χ2v) is 3.29. The van der Waals surface area contributed by atoms with Crippen LogP contribution in [0.25, 0.3) is 0 Å². The van der Waals surface area contributed by atoms with Crippen molar-refractivity contribution in [2.75, 3.05) is 6.61 Å². The minimum absolute atomic E-state index is 0.0561. The number of hydrogen-bond donors (Lipinski definition) is 2. The third-order valence-corrected chi connectivity index (χ3v) is 2.13. The molecule has 0 aromatic carbocycles. The van der Waals surface area contributed by atoms with Crippen molar-refractivity contribution in [3.63, 3.8) is 0 Å². The van der Waals surface area contributed by atoms with Crippen LogP contribution in [0.4, 0.5) is 13.6 Å². The molecule has 0 aliphatic heterocycles. The topological polar surface area (TPSA) is 72.6 Å². The number of primary amides is 1. The van der Waals surface area contributed by atoms with Gasteiger partial charge >= 0.3 is 6.09 Å². The second-order valence-electron chi connectivity index (χ2n) is 3.29. The number of rotatable bonds is 2. The Morgan fingerprint density at radius 2 is 2.15 bits per heavy atom. The van der Waals surface area contributed by atoms with Gasteiger partial charge < -0.3 is 15.6 Å². The fraction of sp³-hybridized carbons (Fsp3) is 0.857. The first kappa shape index (κ1) is 10.2. The van der Waals surface area contributed by atoms with E-state index in [1.165, 1.54) is 0 Å². The van der Waals surface area contributed by atoms with Crippen molar-refractivity contribution < 1.29 is 23.4 Å². The number of ether oxygens (including phenoxy) is 1. The maximum absolute atomic E-state index is 12.7. The van der Waals surface area contributed by atoms with Gasteiger partial charge in [-0.05, 0) is 6.42 Å². The van der Waals surface area contributed by atoms with Gasteiger partial charge in [0.1, 0.15) is 5.60 Å². The van der Waals surface area contributed by atoms with Crippen LogP contribution < -0.4 is 5.73 Å². The van der Waals surface area contributed by atoms with Crippen LogP contribution in [0.15, 0.2) is 0 Å². The predicted molar refractivity (Wildman–Crippen MR) is 39.3 cm³/mol. The normalized spacial score (nSPS) is 31.6. The Kier molecular flexibility index (Phi) is 2.42. The molecule has 3 N–H and O–H groups in total. The highest BCUT2D eigenvalue weighted by molar-refractivity contribution is 5.65. The van der Waals surface area contributed by atoms with E-state index in [0.29, 0.717) is 0 Å². The number of aliphatic hydroxyl groups is 1. The monoisotopic (exact) mass is 195 g/mol. The highest BCUT2D eigenvalue weighted by Gasteiger charge is 2.51. The van der Waals surface area contributed by atoms with E-state index in [2.05, 4.69) is 4.74 Å². The quantitative estimate of drug-likeness (QED) is 0.678. The van der Waals surface area contributed by atoms with Gasteiger partial charge in [0.15, 0.2) is 0 Å². The van der Waals surface area contributed by atoms with E-state index in [9.17, 15) is 13.6 Å². The molecule has 0 radical (unpaired) electrons. The molecule has 76 valence electrons. The number of halogens is 2. The zero-order valence-corrected chi connectivity index (χ0v) is 6.93. The molecule has 0 heterocycles. The van der Waals surface area contributed by atoms with E-state index < -0.39 is 30.6 Å². The van der Waals surface area contributed by atoms with Gasteiger partial charge in [-0.15, -0.1) is 0 Å². The van der Waals surface area contributed by atoms with Crippen LogP contribution in [-0.4, -0.2) is 29.3 Å². The first-order valence-corrected chi connectivity index (χ1v) is 3.86. The van der Waals surface area contributed by atoms with E-state index in [0.717, 1.165) is 0 Å². The van der Waals surface area contributed by atoms with Gasteiger partial charge in [-0.2, -0.15) is 0 Å². The Hall–Kier alpha value is -0.910. The van der Waals surface area contributed by atoms with E-state index in [1.807, 2.05) is 0 Å². The van der Waals surface area contributed by atoms with Gasteiger partial charge in [0.2, 0.25) is 0 Å². The Bertz CT molecular complexity index is 222. The van der Waals surface area contributed by atoms with Gasteiger partial charge in [-0.3, -0.25) is 0 Å². The number of carbonyl (C=O) groups excluding carboxylic acids is 1. The van der Waals surface area contributed by atoms with Gasteiger partial charge in [0.05, 0.1) is 13.0 Å². The summed E-state index contributed by atoms with van der Waals surface area (Å²) in [5.41, 5.74) is 3.23. The fourth-order valence-electron chi connectivity index (χ4n) is 1.53. The summed E-state index contributed by atoms with van der Waals surface area (Å²) in [4.78, 5) is 10.4. The summed E-state index contributed by atoms with van der Waals surface area (Å²) < 4.78 is 30.0. The molecule has 1 fully saturated rings. The summed E-state index contributed by atoms with van der Waals surface area (Å²) in [6.45, 7) is -0.620. The van der Waals surface area contributed by atoms with Gasteiger partial charge in [0, 0.05) is 6.42 Å². The lowest BCUT2D eigenvalue weighted by atomic mass is 10.0. The number of carbonyl (C=O) groups is 1. The average molecular weight is 195 g/mol. The lowest BCUT2D eigenvalue weighted by molar-refractivity contribution is -0.0597. The van der Waals surface area contributed by atoms with Crippen LogP contribution in [0.5, 0.6) is 0 Å².